The normalized spacial score (nSPS) is 10.3. The van der Waals surface area contributed by atoms with Crippen molar-refractivity contribution >= 4 is 17.6 Å². The maximum Gasteiger partial charge on any atom is 0.254 e. The topological polar surface area (TPSA) is 100 Å². The number of anilines is 1. The first-order valence-electron chi connectivity index (χ1n) is 6.19. The molecule has 0 aliphatic heterocycles. The predicted octanol–water partition coefficient (Wildman–Crippen LogP) is 1.38. The molecule has 0 aliphatic carbocycles. The first-order valence-corrected chi connectivity index (χ1v) is 6.19. The lowest BCUT2D eigenvalue weighted by atomic mass is 10.2. The minimum Gasteiger partial charge on any atom is -0.472 e. The SMILES string of the molecule is Cc1[nH]nc(NC(=O)CCNC(=O)c2ccoc2)c1C. The van der Waals surface area contributed by atoms with Gasteiger partial charge in [0.25, 0.3) is 5.91 Å². The Bertz CT molecular complexity index is 601. The Labute approximate surface area is 115 Å². The van der Waals surface area contributed by atoms with Crippen LogP contribution in [0.4, 0.5) is 5.82 Å². The smallest absolute Gasteiger partial charge is 0.254 e. The van der Waals surface area contributed by atoms with Gasteiger partial charge in [-0.05, 0) is 19.9 Å². The molecule has 0 aliphatic rings. The average Bonchev–Trinajstić information content (AvgIpc) is 3.04. The zero-order valence-corrected chi connectivity index (χ0v) is 11.3. The zero-order valence-electron chi connectivity index (χ0n) is 11.3. The van der Waals surface area contributed by atoms with Gasteiger partial charge in [-0.15, -0.1) is 0 Å². The highest BCUT2D eigenvalue weighted by Gasteiger charge is 2.10. The zero-order chi connectivity index (χ0) is 14.5. The predicted molar refractivity (Wildman–Crippen MR) is 72.3 cm³/mol. The van der Waals surface area contributed by atoms with Crippen LogP contribution in [0.1, 0.15) is 28.0 Å². The van der Waals surface area contributed by atoms with Crippen molar-refractivity contribution < 1.29 is 14.0 Å². The summed E-state index contributed by atoms with van der Waals surface area (Å²) in [4.78, 5) is 23.3. The first kappa shape index (κ1) is 13.9. The van der Waals surface area contributed by atoms with Gasteiger partial charge in [0.1, 0.15) is 6.26 Å². The summed E-state index contributed by atoms with van der Waals surface area (Å²) in [6.45, 7) is 4.00. The molecular formula is C13H16N4O3. The molecule has 0 bridgehead atoms. The highest BCUT2D eigenvalue weighted by Crippen LogP contribution is 2.13. The van der Waals surface area contributed by atoms with Gasteiger partial charge in [0.2, 0.25) is 5.91 Å². The van der Waals surface area contributed by atoms with Gasteiger partial charge in [0.15, 0.2) is 5.82 Å². The highest BCUT2D eigenvalue weighted by atomic mass is 16.3. The number of amides is 2. The van der Waals surface area contributed by atoms with Crippen LogP contribution in [0.2, 0.25) is 0 Å². The van der Waals surface area contributed by atoms with Crippen LogP contribution in [0.15, 0.2) is 23.0 Å². The Morgan fingerprint density at radius 1 is 1.40 bits per heavy atom. The summed E-state index contributed by atoms with van der Waals surface area (Å²) < 4.78 is 4.81. The number of hydrogen-bond donors (Lipinski definition) is 3. The Morgan fingerprint density at radius 2 is 2.20 bits per heavy atom. The summed E-state index contributed by atoms with van der Waals surface area (Å²) in [6.07, 6.45) is 2.95. The van der Waals surface area contributed by atoms with Crippen molar-refractivity contribution in [2.45, 2.75) is 20.3 Å². The third-order valence-corrected chi connectivity index (χ3v) is 2.93. The van der Waals surface area contributed by atoms with Crippen LogP contribution in [-0.2, 0) is 4.79 Å². The molecule has 2 heterocycles. The van der Waals surface area contributed by atoms with E-state index in [0.29, 0.717) is 11.4 Å². The molecule has 0 fully saturated rings. The fourth-order valence-corrected chi connectivity index (χ4v) is 1.59. The van der Waals surface area contributed by atoms with Crippen molar-refractivity contribution in [3.05, 3.63) is 35.4 Å². The van der Waals surface area contributed by atoms with Crippen LogP contribution in [0.25, 0.3) is 0 Å². The Kier molecular flexibility index (Phi) is 4.19. The largest absolute Gasteiger partial charge is 0.472 e. The lowest BCUT2D eigenvalue weighted by Crippen LogP contribution is -2.27. The lowest BCUT2D eigenvalue weighted by Gasteiger charge is -2.04. The third-order valence-electron chi connectivity index (χ3n) is 2.93. The van der Waals surface area contributed by atoms with Gasteiger partial charge in [-0.25, -0.2) is 0 Å². The molecule has 2 aromatic heterocycles. The monoisotopic (exact) mass is 276 g/mol. The molecule has 0 saturated carbocycles. The van der Waals surface area contributed by atoms with E-state index in [1.165, 1.54) is 12.5 Å². The van der Waals surface area contributed by atoms with E-state index in [1.807, 2.05) is 13.8 Å². The summed E-state index contributed by atoms with van der Waals surface area (Å²) in [6, 6.07) is 1.56. The molecule has 0 atom stereocenters. The van der Waals surface area contributed by atoms with Crippen LogP contribution >= 0.6 is 0 Å². The van der Waals surface area contributed by atoms with Gasteiger partial charge in [0.05, 0.1) is 11.8 Å². The number of aromatic nitrogens is 2. The van der Waals surface area contributed by atoms with Crippen molar-refractivity contribution in [2.24, 2.45) is 0 Å². The Balaban J connectivity index is 1.76. The van der Waals surface area contributed by atoms with Crippen LogP contribution < -0.4 is 10.6 Å². The van der Waals surface area contributed by atoms with Gasteiger partial charge >= 0.3 is 0 Å². The van der Waals surface area contributed by atoms with E-state index < -0.39 is 0 Å². The number of nitrogens with zero attached hydrogens (tertiary/aromatic N) is 1. The second-order valence-electron chi connectivity index (χ2n) is 4.39. The van der Waals surface area contributed by atoms with Crippen molar-refractivity contribution in [1.29, 1.82) is 0 Å². The quantitative estimate of drug-likeness (QED) is 0.768. The minimum absolute atomic E-state index is 0.176. The molecule has 2 aromatic rings. The molecule has 7 nitrogen and oxygen atoms in total. The van der Waals surface area contributed by atoms with E-state index in [9.17, 15) is 9.59 Å². The van der Waals surface area contributed by atoms with Crippen molar-refractivity contribution in [1.82, 2.24) is 15.5 Å². The summed E-state index contributed by atoms with van der Waals surface area (Å²) >= 11 is 0. The average molecular weight is 276 g/mol. The highest BCUT2D eigenvalue weighted by molar-refractivity contribution is 5.94. The molecule has 0 spiro atoms. The molecule has 0 unspecified atom stereocenters. The fraction of sp³-hybridized carbons (Fsp3) is 0.308. The maximum absolute atomic E-state index is 11.7. The van der Waals surface area contributed by atoms with Crippen molar-refractivity contribution in [2.75, 3.05) is 11.9 Å². The molecule has 3 N–H and O–H groups in total. The number of aromatic amines is 1. The standard InChI is InChI=1S/C13H16N4O3/c1-8-9(2)16-17-12(8)15-11(18)3-5-14-13(19)10-4-6-20-7-10/h4,6-7H,3,5H2,1-2H3,(H,14,19)(H2,15,16,17,18). The molecule has 0 radical (unpaired) electrons. The van der Waals surface area contributed by atoms with Gasteiger partial charge < -0.3 is 15.1 Å². The molecule has 106 valence electrons. The number of nitrogens with one attached hydrogen (secondary N) is 3. The number of hydrogen-bond acceptors (Lipinski definition) is 4. The Hall–Kier alpha value is -2.57. The second-order valence-corrected chi connectivity index (χ2v) is 4.39. The van der Waals surface area contributed by atoms with E-state index in [2.05, 4.69) is 20.8 Å². The van der Waals surface area contributed by atoms with Crippen LogP contribution in [0.5, 0.6) is 0 Å². The molecular weight excluding hydrogens is 260 g/mol. The molecule has 2 rings (SSSR count). The number of carbonyl (C=O) groups is 2. The minimum atomic E-state index is -0.265. The number of carbonyl (C=O) groups excluding carboxylic acids is 2. The summed E-state index contributed by atoms with van der Waals surface area (Å²) in [7, 11) is 0. The molecule has 2 amide bonds. The Morgan fingerprint density at radius 3 is 2.80 bits per heavy atom. The lowest BCUT2D eigenvalue weighted by molar-refractivity contribution is -0.116. The number of rotatable bonds is 5. The van der Waals surface area contributed by atoms with Gasteiger partial charge in [-0.2, -0.15) is 5.10 Å². The fourth-order valence-electron chi connectivity index (χ4n) is 1.59. The van der Waals surface area contributed by atoms with E-state index in [-0.39, 0.29) is 24.8 Å². The van der Waals surface area contributed by atoms with E-state index in [1.54, 1.807) is 6.07 Å². The van der Waals surface area contributed by atoms with E-state index in [0.717, 1.165) is 11.3 Å². The molecule has 20 heavy (non-hydrogen) atoms. The van der Waals surface area contributed by atoms with Crippen LogP contribution in [0, 0.1) is 13.8 Å². The van der Waals surface area contributed by atoms with Gasteiger partial charge in [0, 0.05) is 24.2 Å². The molecule has 0 saturated heterocycles. The third kappa shape index (κ3) is 3.25. The number of H-pyrrole nitrogens is 1. The summed E-state index contributed by atoms with van der Waals surface area (Å²) in [5, 5.41) is 12.1. The van der Waals surface area contributed by atoms with Gasteiger partial charge in [-0.1, -0.05) is 0 Å². The maximum atomic E-state index is 11.7. The second kappa shape index (κ2) is 6.05. The van der Waals surface area contributed by atoms with E-state index >= 15 is 0 Å². The van der Waals surface area contributed by atoms with E-state index in [4.69, 9.17) is 4.42 Å². The molecule has 0 aromatic carbocycles. The summed E-state index contributed by atoms with van der Waals surface area (Å²) in [5.74, 6) is 0.0547. The van der Waals surface area contributed by atoms with Gasteiger partial charge in [-0.3, -0.25) is 14.7 Å². The van der Waals surface area contributed by atoms with Crippen molar-refractivity contribution in [3.63, 3.8) is 0 Å². The number of aryl methyl sites for hydroxylation is 1. The molecule has 7 heteroatoms. The van der Waals surface area contributed by atoms with Crippen LogP contribution in [0.3, 0.4) is 0 Å². The van der Waals surface area contributed by atoms with Crippen LogP contribution in [-0.4, -0.2) is 28.6 Å². The summed E-state index contributed by atoms with van der Waals surface area (Å²) in [5.41, 5.74) is 2.25. The number of furan rings is 1. The first-order chi connectivity index (χ1) is 9.58. The van der Waals surface area contributed by atoms with Crippen molar-refractivity contribution in [3.8, 4) is 0 Å².